The normalized spacial score (nSPS) is 10.5. The first-order chi connectivity index (χ1) is 9.22. The predicted molar refractivity (Wildman–Crippen MR) is 83.7 cm³/mol. The molecule has 0 radical (unpaired) electrons. The van der Waals surface area contributed by atoms with Crippen LogP contribution in [0.4, 0.5) is 0 Å². The van der Waals surface area contributed by atoms with E-state index in [2.05, 4.69) is 30.5 Å². The molecule has 2 aromatic carbocycles. The molecule has 100 valence electrons. The summed E-state index contributed by atoms with van der Waals surface area (Å²) in [5, 5.41) is 0.826. The predicted octanol–water partition coefficient (Wildman–Crippen LogP) is 5.05. The lowest BCUT2D eigenvalue weighted by atomic mass is 10.0. The van der Waals surface area contributed by atoms with Crippen molar-refractivity contribution in [2.75, 3.05) is 12.9 Å². The molecule has 1 nitrogen and oxygen atoms in total. The second kappa shape index (κ2) is 6.88. The molecule has 0 heterocycles. The fourth-order valence-corrected chi connectivity index (χ4v) is 2.55. The molecular formula is C16H17ClOS. The smallest absolute Gasteiger partial charge is 0.119 e. The summed E-state index contributed by atoms with van der Waals surface area (Å²) in [7, 11) is 0. The zero-order valence-corrected chi connectivity index (χ0v) is 12.7. The Morgan fingerprint density at radius 3 is 2.47 bits per heavy atom. The third-order valence-electron chi connectivity index (χ3n) is 2.88. The maximum atomic E-state index is 6.25. The van der Waals surface area contributed by atoms with Gasteiger partial charge in [0.2, 0.25) is 0 Å². The first kappa shape index (κ1) is 14.3. The van der Waals surface area contributed by atoms with Crippen LogP contribution in [0.15, 0.2) is 47.4 Å². The molecule has 0 spiro atoms. The molecule has 0 fully saturated rings. The summed E-state index contributed by atoms with van der Waals surface area (Å²) in [5.74, 6) is 0.912. The number of benzene rings is 2. The van der Waals surface area contributed by atoms with E-state index in [1.807, 2.05) is 25.1 Å². The van der Waals surface area contributed by atoms with Crippen LogP contribution in [0.1, 0.15) is 18.1 Å². The Morgan fingerprint density at radius 1 is 1.11 bits per heavy atom. The molecule has 2 aromatic rings. The second-order valence-corrected chi connectivity index (χ2v) is 5.50. The first-order valence-corrected chi connectivity index (χ1v) is 7.87. The van der Waals surface area contributed by atoms with Gasteiger partial charge in [-0.25, -0.2) is 0 Å². The molecule has 0 amide bonds. The van der Waals surface area contributed by atoms with Gasteiger partial charge < -0.3 is 4.74 Å². The molecule has 0 N–H and O–H groups in total. The van der Waals surface area contributed by atoms with E-state index in [1.165, 1.54) is 10.5 Å². The third-order valence-corrected chi connectivity index (χ3v) is 3.98. The van der Waals surface area contributed by atoms with Crippen molar-refractivity contribution in [2.24, 2.45) is 0 Å². The number of halogens is 1. The van der Waals surface area contributed by atoms with Crippen molar-refractivity contribution in [3.8, 4) is 5.75 Å². The van der Waals surface area contributed by atoms with Crippen LogP contribution in [0, 0.1) is 0 Å². The van der Waals surface area contributed by atoms with Crippen molar-refractivity contribution in [2.45, 2.75) is 18.2 Å². The minimum absolute atomic E-state index is 0.695. The van der Waals surface area contributed by atoms with Gasteiger partial charge >= 0.3 is 0 Å². The highest BCUT2D eigenvalue weighted by Gasteiger charge is 2.04. The number of thioether (sulfide) groups is 1. The van der Waals surface area contributed by atoms with Gasteiger partial charge in [-0.1, -0.05) is 23.7 Å². The van der Waals surface area contributed by atoms with E-state index in [1.54, 1.807) is 11.8 Å². The largest absolute Gasteiger partial charge is 0.494 e. The van der Waals surface area contributed by atoms with Gasteiger partial charge in [0.15, 0.2) is 0 Å². The van der Waals surface area contributed by atoms with Gasteiger partial charge in [0.05, 0.1) is 6.61 Å². The Morgan fingerprint density at radius 2 is 1.84 bits per heavy atom. The molecule has 0 saturated heterocycles. The van der Waals surface area contributed by atoms with Crippen LogP contribution in [0.3, 0.4) is 0 Å². The van der Waals surface area contributed by atoms with Gasteiger partial charge in [0.1, 0.15) is 5.75 Å². The summed E-state index contributed by atoms with van der Waals surface area (Å²) in [6.45, 7) is 2.68. The van der Waals surface area contributed by atoms with Crippen LogP contribution < -0.4 is 4.74 Å². The molecule has 0 aliphatic carbocycles. The Kier molecular flexibility index (Phi) is 5.17. The minimum atomic E-state index is 0.695. The minimum Gasteiger partial charge on any atom is -0.494 e. The summed E-state index contributed by atoms with van der Waals surface area (Å²) >= 11 is 7.98. The number of hydrogen-bond donors (Lipinski definition) is 0. The average molecular weight is 293 g/mol. The molecule has 0 aliphatic rings. The maximum absolute atomic E-state index is 6.25. The Bertz CT molecular complexity index is 537. The van der Waals surface area contributed by atoms with Gasteiger partial charge in [-0.2, -0.15) is 0 Å². The second-order valence-electron chi connectivity index (χ2n) is 4.21. The maximum Gasteiger partial charge on any atom is 0.119 e. The lowest BCUT2D eigenvalue weighted by molar-refractivity contribution is 0.340. The summed E-state index contributed by atoms with van der Waals surface area (Å²) in [6, 6.07) is 14.4. The molecule has 0 saturated carbocycles. The Hall–Kier alpha value is -1.12. The zero-order chi connectivity index (χ0) is 13.7. The monoisotopic (exact) mass is 292 g/mol. The van der Waals surface area contributed by atoms with Crippen LogP contribution in [0.5, 0.6) is 5.75 Å². The topological polar surface area (TPSA) is 9.23 Å². The van der Waals surface area contributed by atoms with Crippen LogP contribution in [-0.2, 0) is 6.42 Å². The van der Waals surface area contributed by atoms with E-state index < -0.39 is 0 Å². The first-order valence-electron chi connectivity index (χ1n) is 6.27. The SMILES string of the molecule is CCOc1ccc(Cc2cc(SC)ccc2Cl)cc1. The van der Waals surface area contributed by atoms with E-state index in [4.69, 9.17) is 16.3 Å². The number of rotatable bonds is 5. The van der Waals surface area contributed by atoms with Gasteiger partial charge in [-0.3, -0.25) is 0 Å². The molecule has 0 aliphatic heterocycles. The van der Waals surface area contributed by atoms with Gasteiger partial charge in [-0.15, -0.1) is 11.8 Å². The van der Waals surface area contributed by atoms with Crippen LogP contribution in [0.25, 0.3) is 0 Å². The number of hydrogen-bond acceptors (Lipinski definition) is 2. The summed E-state index contributed by atoms with van der Waals surface area (Å²) in [6.07, 6.45) is 2.92. The molecule has 0 aromatic heterocycles. The van der Waals surface area contributed by atoms with Crippen LogP contribution >= 0.6 is 23.4 Å². The van der Waals surface area contributed by atoms with E-state index in [9.17, 15) is 0 Å². The van der Waals surface area contributed by atoms with Gasteiger partial charge in [0.25, 0.3) is 0 Å². The fraction of sp³-hybridized carbons (Fsp3) is 0.250. The van der Waals surface area contributed by atoms with E-state index in [0.717, 1.165) is 22.8 Å². The van der Waals surface area contributed by atoms with E-state index in [-0.39, 0.29) is 0 Å². The lowest BCUT2D eigenvalue weighted by Crippen LogP contribution is -1.93. The van der Waals surface area contributed by atoms with E-state index in [0.29, 0.717) is 6.61 Å². The number of ether oxygens (including phenoxy) is 1. The molecule has 3 heteroatoms. The molecule has 19 heavy (non-hydrogen) atoms. The lowest BCUT2D eigenvalue weighted by Gasteiger charge is -2.08. The van der Waals surface area contributed by atoms with Crippen molar-refractivity contribution < 1.29 is 4.74 Å². The molecule has 2 rings (SSSR count). The standard InChI is InChI=1S/C16H17ClOS/c1-3-18-14-6-4-12(5-7-14)10-13-11-15(19-2)8-9-16(13)17/h4-9,11H,3,10H2,1-2H3. The third kappa shape index (κ3) is 3.92. The fourth-order valence-electron chi connectivity index (χ4n) is 1.90. The molecule has 0 atom stereocenters. The van der Waals surface area contributed by atoms with E-state index >= 15 is 0 Å². The Balaban J connectivity index is 2.16. The summed E-state index contributed by atoms with van der Waals surface area (Å²) in [5.41, 5.74) is 2.40. The Labute approximate surface area is 123 Å². The van der Waals surface area contributed by atoms with Crippen molar-refractivity contribution in [1.29, 1.82) is 0 Å². The van der Waals surface area contributed by atoms with Crippen molar-refractivity contribution in [3.05, 3.63) is 58.6 Å². The average Bonchev–Trinajstić information content (AvgIpc) is 2.44. The molecular weight excluding hydrogens is 276 g/mol. The van der Waals surface area contributed by atoms with Gasteiger partial charge in [-0.05, 0) is 61.1 Å². The van der Waals surface area contributed by atoms with Crippen molar-refractivity contribution in [3.63, 3.8) is 0 Å². The van der Waals surface area contributed by atoms with Crippen molar-refractivity contribution in [1.82, 2.24) is 0 Å². The highest BCUT2D eigenvalue weighted by molar-refractivity contribution is 7.98. The zero-order valence-electron chi connectivity index (χ0n) is 11.2. The molecule has 0 unspecified atom stereocenters. The van der Waals surface area contributed by atoms with Crippen molar-refractivity contribution >= 4 is 23.4 Å². The highest BCUT2D eigenvalue weighted by Crippen LogP contribution is 2.25. The van der Waals surface area contributed by atoms with Crippen LogP contribution in [-0.4, -0.2) is 12.9 Å². The quantitative estimate of drug-likeness (QED) is 0.713. The van der Waals surface area contributed by atoms with Crippen LogP contribution in [0.2, 0.25) is 5.02 Å². The highest BCUT2D eigenvalue weighted by atomic mass is 35.5. The van der Waals surface area contributed by atoms with Gasteiger partial charge in [0, 0.05) is 9.92 Å². The summed E-state index contributed by atoms with van der Waals surface area (Å²) in [4.78, 5) is 1.24. The summed E-state index contributed by atoms with van der Waals surface area (Å²) < 4.78 is 5.44. The molecule has 0 bridgehead atoms.